The summed E-state index contributed by atoms with van der Waals surface area (Å²) in [5, 5.41) is 10.0. The van der Waals surface area contributed by atoms with Gasteiger partial charge in [-0.15, -0.1) is 0 Å². The summed E-state index contributed by atoms with van der Waals surface area (Å²) in [6, 6.07) is 2.41. The van der Waals surface area contributed by atoms with E-state index in [1.165, 1.54) is 26.4 Å². The first-order chi connectivity index (χ1) is 6.87. The second kappa shape index (κ2) is 3.91. The van der Waals surface area contributed by atoms with Gasteiger partial charge in [0.2, 0.25) is 5.03 Å². The van der Waals surface area contributed by atoms with E-state index in [2.05, 4.69) is 4.98 Å². The van der Waals surface area contributed by atoms with Crippen LogP contribution in [0.3, 0.4) is 0 Å². The number of pyridine rings is 1. The summed E-state index contributed by atoms with van der Waals surface area (Å²) in [6.45, 7) is 0. The van der Waals surface area contributed by atoms with Crippen LogP contribution in [-0.2, 0) is 10.0 Å². The van der Waals surface area contributed by atoms with Gasteiger partial charge in [-0.25, -0.2) is 17.7 Å². The van der Waals surface area contributed by atoms with E-state index in [0.29, 0.717) is 0 Å². The van der Waals surface area contributed by atoms with Crippen LogP contribution < -0.4 is 0 Å². The van der Waals surface area contributed by atoms with Crippen LogP contribution in [0.2, 0.25) is 0 Å². The van der Waals surface area contributed by atoms with Crippen molar-refractivity contribution in [2.75, 3.05) is 14.1 Å². The average molecular weight is 231 g/mol. The van der Waals surface area contributed by atoms with Crippen molar-refractivity contribution >= 4 is 15.7 Å². The zero-order valence-corrected chi connectivity index (χ0v) is 8.93. The molecule has 7 nitrogen and oxygen atoms in total. The smallest absolute Gasteiger partial charge is 0.258 e. The van der Waals surface area contributed by atoms with Crippen molar-refractivity contribution in [2.45, 2.75) is 5.03 Å². The van der Waals surface area contributed by atoms with E-state index in [9.17, 15) is 18.5 Å². The molecule has 0 saturated heterocycles. The van der Waals surface area contributed by atoms with Crippen molar-refractivity contribution < 1.29 is 13.3 Å². The van der Waals surface area contributed by atoms with E-state index in [-0.39, 0.29) is 0 Å². The van der Waals surface area contributed by atoms with Gasteiger partial charge in [0.25, 0.3) is 10.0 Å². The topological polar surface area (TPSA) is 93.4 Å². The van der Waals surface area contributed by atoms with Crippen molar-refractivity contribution in [1.29, 1.82) is 0 Å². The molecule has 82 valence electrons. The molecule has 0 aliphatic carbocycles. The van der Waals surface area contributed by atoms with Crippen molar-refractivity contribution in [3.8, 4) is 0 Å². The van der Waals surface area contributed by atoms with Crippen molar-refractivity contribution in [3.05, 3.63) is 28.4 Å². The standard InChI is InChI=1S/C7H9N3O4S/c1-9(2)15(13,14)7-6(10(11)12)4-3-5-8-7/h3-5H,1-2H3. The molecule has 0 bridgehead atoms. The molecule has 1 rings (SSSR count). The van der Waals surface area contributed by atoms with Gasteiger partial charge >= 0.3 is 5.69 Å². The van der Waals surface area contributed by atoms with E-state index < -0.39 is 25.7 Å². The molecule has 1 aromatic rings. The zero-order chi connectivity index (χ0) is 11.6. The minimum atomic E-state index is -3.87. The summed E-state index contributed by atoms with van der Waals surface area (Å²) in [6.07, 6.45) is 1.20. The highest BCUT2D eigenvalue weighted by Crippen LogP contribution is 2.21. The Morgan fingerprint density at radius 3 is 2.53 bits per heavy atom. The van der Waals surface area contributed by atoms with E-state index in [4.69, 9.17) is 0 Å². The van der Waals surface area contributed by atoms with Crippen LogP contribution in [0.5, 0.6) is 0 Å². The maximum atomic E-state index is 11.6. The largest absolute Gasteiger partial charge is 0.308 e. The van der Waals surface area contributed by atoms with Gasteiger partial charge in [0.15, 0.2) is 0 Å². The SMILES string of the molecule is CN(C)S(=O)(=O)c1ncccc1[N+](=O)[O-]. The maximum absolute atomic E-state index is 11.6. The van der Waals surface area contributed by atoms with Crippen LogP contribution >= 0.6 is 0 Å². The quantitative estimate of drug-likeness (QED) is 0.548. The Kier molecular flexibility index (Phi) is 3.01. The molecule has 1 heterocycles. The van der Waals surface area contributed by atoms with Crippen LogP contribution in [-0.4, -0.2) is 36.7 Å². The predicted molar refractivity (Wildman–Crippen MR) is 51.8 cm³/mol. The van der Waals surface area contributed by atoms with Gasteiger partial charge in [-0.2, -0.15) is 0 Å². The number of nitro groups is 1. The number of hydrogen-bond acceptors (Lipinski definition) is 5. The first-order valence-electron chi connectivity index (χ1n) is 3.89. The van der Waals surface area contributed by atoms with E-state index in [1.807, 2.05) is 0 Å². The molecule has 0 saturated carbocycles. The normalized spacial score (nSPS) is 11.7. The second-order valence-corrected chi connectivity index (χ2v) is 4.94. The third-order valence-corrected chi connectivity index (χ3v) is 3.44. The van der Waals surface area contributed by atoms with Gasteiger partial charge < -0.3 is 0 Å². The number of nitrogens with zero attached hydrogens (tertiary/aromatic N) is 3. The van der Waals surface area contributed by atoms with Gasteiger partial charge in [-0.1, -0.05) is 0 Å². The summed E-state index contributed by atoms with van der Waals surface area (Å²) in [4.78, 5) is 13.3. The molecular weight excluding hydrogens is 222 g/mol. The molecule has 0 unspecified atom stereocenters. The van der Waals surface area contributed by atoms with Crippen LogP contribution in [0, 0.1) is 10.1 Å². The van der Waals surface area contributed by atoms with Crippen LogP contribution in [0.1, 0.15) is 0 Å². The molecule has 0 atom stereocenters. The zero-order valence-electron chi connectivity index (χ0n) is 8.11. The van der Waals surface area contributed by atoms with E-state index >= 15 is 0 Å². The fourth-order valence-corrected chi connectivity index (χ4v) is 1.84. The Bertz CT molecular complexity index is 483. The number of rotatable bonds is 3. The molecule has 0 spiro atoms. The summed E-state index contributed by atoms with van der Waals surface area (Å²) in [7, 11) is -1.30. The molecule has 15 heavy (non-hydrogen) atoms. The summed E-state index contributed by atoms with van der Waals surface area (Å²) in [5.41, 5.74) is -0.522. The molecule has 0 N–H and O–H groups in total. The van der Waals surface area contributed by atoms with E-state index in [1.54, 1.807) is 0 Å². The van der Waals surface area contributed by atoms with Crippen LogP contribution in [0.4, 0.5) is 5.69 Å². The number of aromatic nitrogens is 1. The highest BCUT2D eigenvalue weighted by atomic mass is 32.2. The molecule has 0 fully saturated rings. The fraction of sp³-hybridized carbons (Fsp3) is 0.286. The summed E-state index contributed by atoms with van der Waals surface area (Å²) < 4.78 is 24.1. The third kappa shape index (κ3) is 2.10. The Balaban J connectivity index is 3.45. The second-order valence-electron chi connectivity index (χ2n) is 2.87. The lowest BCUT2D eigenvalue weighted by atomic mass is 10.4. The van der Waals surface area contributed by atoms with Gasteiger partial charge in [0.05, 0.1) is 4.92 Å². The van der Waals surface area contributed by atoms with E-state index in [0.717, 1.165) is 10.4 Å². The molecule has 1 aromatic heterocycles. The number of sulfonamides is 1. The molecular formula is C7H9N3O4S. The minimum absolute atomic E-state index is 0.522. The van der Waals surface area contributed by atoms with Gasteiger partial charge in [-0.3, -0.25) is 10.1 Å². The van der Waals surface area contributed by atoms with Crippen molar-refractivity contribution in [3.63, 3.8) is 0 Å². The van der Waals surface area contributed by atoms with Crippen molar-refractivity contribution in [2.24, 2.45) is 0 Å². The Hall–Kier alpha value is -1.54. The predicted octanol–water partition coefficient (Wildman–Crippen LogP) is 0.240. The summed E-state index contributed by atoms with van der Waals surface area (Å²) >= 11 is 0. The first-order valence-corrected chi connectivity index (χ1v) is 5.33. The molecule has 0 aliphatic heterocycles. The lowest BCUT2D eigenvalue weighted by Crippen LogP contribution is -2.24. The molecule has 0 aliphatic rings. The Labute approximate surface area is 86.6 Å². The van der Waals surface area contributed by atoms with Crippen molar-refractivity contribution in [1.82, 2.24) is 9.29 Å². The maximum Gasteiger partial charge on any atom is 0.308 e. The highest BCUT2D eigenvalue weighted by molar-refractivity contribution is 7.89. The first kappa shape index (κ1) is 11.5. The highest BCUT2D eigenvalue weighted by Gasteiger charge is 2.28. The monoisotopic (exact) mass is 231 g/mol. The van der Waals surface area contributed by atoms with Crippen LogP contribution in [0.15, 0.2) is 23.4 Å². The molecule has 0 aromatic carbocycles. The van der Waals surface area contributed by atoms with Crippen LogP contribution in [0.25, 0.3) is 0 Å². The third-order valence-electron chi connectivity index (χ3n) is 1.67. The lowest BCUT2D eigenvalue weighted by molar-refractivity contribution is -0.388. The Morgan fingerprint density at radius 2 is 2.07 bits per heavy atom. The minimum Gasteiger partial charge on any atom is -0.258 e. The molecule has 0 amide bonds. The summed E-state index contributed by atoms with van der Waals surface area (Å²) in [5.74, 6) is 0. The van der Waals surface area contributed by atoms with Gasteiger partial charge in [0, 0.05) is 26.4 Å². The molecule has 8 heteroatoms. The fourth-order valence-electron chi connectivity index (χ4n) is 0.893. The molecule has 0 radical (unpaired) electrons. The average Bonchev–Trinajstić information content (AvgIpc) is 2.17. The number of hydrogen-bond donors (Lipinski definition) is 0. The lowest BCUT2D eigenvalue weighted by Gasteiger charge is -2.09. The Morgan fingerprint density at radius 1 is 1.47 bits per heavy atom. The van der Waals surface area contributed by atoms with Gasteiger partial charge in [0.1, 0.15) is 0 Å². The van der Waals surface area contributed by atoms with Gasteiger partial charge in [-0.05, 0) is 6.07 Å².